The van der Waals surface area contributed by atoms with E-state index in [0.717, 1.165) is 30.7 Å². The molecule has 1 heterocycles. The molecule has 27 heavy (non-hydrogen) atoms. The van der Waals surface area contributed by atoms with Gasteiger partial charge in [0.05, 0.1) is 23.7 Å². The van der Waals surface area contributed by atoms with E-state index in [1.165, 1.54) is 11.6 Å². The van der Waals surface area contributed by atoms with Gasteiger partial charge in [0.2, 0.25) is 0 Å². The van der Waals surface area contributed by atoms with Gasteiger partial charge in [0.15, 0.2) is 0 Å². The maximum absolute atomic E-state index is 14.2. The van der Waals surface area contributed by atoms with Crippen molar-refractivity contribution in [2.45, 2.75) is 18.9 Å². The number of aliphatic carboxylic acids is 2. The summed E-state index contributed by atoms with van der Waals surface area (Å²) in [5.74, 6) is -4.58. The Labute approximate surface area is 156 Å². The Balaban J connectivity index is 0.000000380. The van der Waals surface area contributed by atoms with Crippen molar-refractivity contribution in [3.8, 4) is 0 Å². The van der Waals surface area contributed by atoms with Crippen LogP contribution in [0.4, 0.5) is 4.39 Å². The average molecular weight is 370 g/mol. The summed E-state index contributed by atoms with van der Waals surface area (Å²) in [5, 5.41) is 21.0. The molecule has 0 aliphatic carbocycles. The average Bonchev–Trinajstić information content (AvgIpc) is 2.66. The minimum Gasteiger partial charge on any atom is -0.543 e. The molecule has 0 bridgehead atoms. The van der Waals surface area contributed by atoms with Crippen molar-refractivity contribution in [2.75, 3.05) is 13.6 Å². The molecule has 1 aliphatic rings. The van der Waals surface area contributed by atoms with Crippen molar-refractivity contribution < 1.29 is 24.2 Å². The number of carbonyl (C=O) groups excluding carboxylic acids is 2. The Kier molecular flexibility index (Phi) is 7.19. The van der Waals surface area contributed by atoms with Gasteiger partial charge in [-0.05, 0) is 44.1 Å². The highest BCUT2D eigenvalue weighted by molar-refractivity contribution is 6.25. The van der Waals surface area contributed by atoms with Crippen LogP contribution in [0.3, 0.4) is 0 Å². The van der Waals surface area contributed by atoms with Crippen LogP contribution in [0.1, 0.15) is 23.1 Å². The van der Waals surface area contributed by atoms with Crippen molar-refractivity contribution in [1.29, 1.82) is 0 Å². The number of halogens is 1. The minimum atomic E-state index is -2.19. The molecular formula is C20H19FN2O4-2. The van der Waals surface area contributed by atoms with Gasteiger partial charge in [-0.3, -0.25) is 4.99 Å². The Hall–Kier alpha value is -3.06. The smallest absolute Gasteiger partial charge is 0.132 e. The van der Waals surface area contributed by atoms with Gasteiger partial charge in [-0.15, -0.1) is 0 Å². The van der Waals surface area contributed by atoms with Crippen molar-refractivity contribution >= 4 is 17.7 Å². The van der Waals surface area contributed by atoms with Crippen molar-refractivity contribution in [2.24, 2.45) is 4.99 Å². The largest absolute Gasteiger partial charge is 0.543 e. The first-order valence-corrected chi connectivity index (χ1v) is 8.42. The monoisotopic (exact) mass is 370 g/mol. The first-order valence-electron chi connectivity index (χ1n) is 8.42. The summed E-state index contributed by atoms with van der Waals surface area (Å²) in [5.41, 5.74) is 3.70. The maximum atomic E-state index is 14.2. The standard InChI is InChI=1S/C18H19FN2.C2H2O4/c1-20-11-10-14-12-13-6-2-3-7-15(13)18(21-14)16-8-4-5-9-17(16)19;3-1(4)2(5)6/h2-9,14,20H,10-12H2,1H3;(H,3,4)(H,5,6)/p-2. The van der Waals surface area contributed by atoms with Crippen molar-refractivity contribution in [3.63, 3.8) is 0 Å². The number of aliphatic imine (C=N–C) groups is 1. The molecule has 1 atom stereocenters. The lowest BCUT2D eigenvalue weighted by Gasteiger charge is -2.24. The fourth-order valence-corrected chi connectivity index (χ4v) is 2.83. The second kappa shape index (κ2) is 9.59. The van der Waals surface area contributed by atoms with Crippen LogP contribution in [0, 0.1) is 5.82 Å². The zero-order valence-electron chi connectivity index (χ0n) is 14.8. The summed E-state index contributed by atoms with van der Waals surface area (Å²) in [6.45, 7) is 0.918. The van der Waals surface area contributed by atoms with Crippen LogP contribution in [0.5, 0.6) is 0 Å². The van der Waals surface area contributed by atoms with Crippen LogP contribution in [0.25, 0.3) is 0 Å². The van der Waals surface area contributed by atoms with E-state index in [-0.39, 0.29) is 11.9 Å². The zero-order valence-corrected chi connectivity index (χ0v) is 14.8. The molecule has 0 aromatic heterocycles. The van der Waals surface area contributed by atoms with Gasteiger partial charge in [0.1, 0.15) is 5.82 Å². The predicted molar refractivity (Wildman–Crippen MR) is 94.5 cm³/mol. The summed E-state index contributed by atoms with van der Waals surface area (Å²) in [6, 6.07) is 15.3. The van der Waals surface area contributed by atoms with Gasteiger partial charge in [0, 0.05) is 11.1 Å². The number of rotatable bonds is 4. The van der Waals surface area contributed by atoms with Crippen LogP contribution in [0.2, 0.25) is 0 Å². The second-order valence-corrected chi connectivity index (χ2v) is 5.94. The molecule has 0 amide bonds. The number of fused-ring (bicyclic) bond motifs is 1. The van der Waals surface area contributed by atoms with E-state index in [9.17, 15) is 4.39 Å². The quantitative estimate of drug-likeness (QED) is 0.743. The lowest BCUT2D eigenvalue weighted by atomic mass is 9.89. The molecule has 0 saturated carbocycles. The third kappa shape index (κ3) is 5.46. The van der Waals surface area contributed by atoms with E-state index in [4.69, 9.17) is 24.8 Å². The zero-order chi connectivity index (χ0) is 19.8. The fourth-order valence-electron chi connectivity index (χ4n) is 2.83. The fraction of sp³-hybridized carbons (Fsp3) is 0.250. The van der Waals surface area contributed by atoms with Crippen LogP contribution >= 0.6 is 0 Å². The number of hydrogen-bond donors (Lipinski definition) is 1. The molecule has 0 fully saturated rings. The molecule has 1 unspecified atom stereocenters. The molecular weight excluding hydrogens is 351 g/mol. The number of nitrogens with zero attached hydrogens (tertiary/aromatic N) is 1. The lowest BCUT2D eigenvalue weighted by molar-refractivity contribution is -0.345. The molecule has 142 valence electrons. The highest BCUT2D eigenvalue weighted by Gasteiger charge is 2.22. The van der Waals surface area contributed by atoms with E-state index >= 15 is 0 Å². The highest BCUT2D eigenvalue weighted by Crippen LogP contribution is 2.25. The number of carboxylic acid groups (broad SMARTS) is 2. The van der Waals surface area contributed by atoms with E-state index in [1.807, 2.05) is 37.4 Å². The van der Waals surface area contributed by atoms with Gasteiger partial charge >= 0.3 is 0 Å². The van der Waals surface area contributed by atoms with Crippen molar-refractivity contribution in [3.05, 3.63) is 71.0 Å². The van der Waals surface area contributed by atoms with Gasteiger partial charge in [-0.2, -0.15) is 0 Å². The number of nitrogens with one attached hydrogen (secondary N) is 1. The first kappa shape index (κ1) is 20.3. The Morgan fingerprint density at radius 2 is 1.67 bits per heavy atom. The summed E-state index contributed by atoms with van der Waals surface area (Å²) < 4.78 is 14.2. The minimum absolute atomic E-state index is 0.208. The van der Waals surface area contributed by atoms with Crippen LogP contribution in [-0.4, -0.2) is 37.3 Å². The number of hydrogen-bond acceptors (Lipinski definition) is 6. The Morgan fingerprint density at radius 3 is 2.26 bits per heavy atom. The van der Waals surface area contributed by atoms with Crippen molar-refractivity contribution in [1.82, 2.24) is 5.32 Å². The summed E-state index contributed by atoms with van der Waals surface area (Å²) >= 11 is 0. The van der Waals surface area contributed by atoms with Crippen LogP contribution < -0.4 is 15.5 Å². The number of carbonyl (C=O) groups is 2. The third-order valence-electron chi connectivity index (χ3n) is 4.06. The van der Waals surface area contributed by atoms with Gasteiger partial charge in [-0.25, -0.2) is 4.39 Å². The molecule has 2 aromatic rings. The van der Waals surface area contributed by atoms with Gasteiger partial charge in [-0.1, -0.05) is 36.4 Å². The van der Waals surface area contributed by atoms with Crippen LogP contribution in [0.15, 0.2) is 53.5 Å². The molecule has 7 heteroatoms. The molecule has 3 rings (SSSR count). The third-order valence-corrected chi connectivity index (χ3v) is 4.06. The van der Waals surface area contributed by atoms with Gasteiger partial charge in [0.25, 0.3) is 0 Å². The van der Waals surface area contributed by atoms with E-state index in [1.54, 1.807) is 6.07 Å². The predicted octanol–water partition coefficient (Wildman–Crippen LogP) is -0.316. The molecule has 0 radical (unpaired) electrons. The van der Waals surface area contributed by atoms with E-state index < -0.39 is 11.9 Å². The Morgan fingerprint density at radius 1 is 1.07 bits per heavy atom. The SMILES string of the molecule is CNCCC1Cc2ccccc2C(c2ccccc2F)=N1.O=C([O-])C(=O)[O-]. The van der Waals surface area contributed by atoms with Crippen LogP contribution in [-0.2, 0) is 16.0 Å². The molecule has 1 N–H and O–H groups in total. The van der Waals surface area contributed by atoms with E-state index in [0.29, 0.717) is 5.56 Å². The summed E-state index contributed by atoms with van der Waals surface area (Å²) in [6.07, 6.45) is 1.89. The topological polar surface area (TPSA) is 105 Å². The maximum Gasteiger partial charge on any atom is 0.132 e. The molecule has 6 nitrogen and oxygen atoms in total. The molecule has 0 saturated heterocycles. The lowest BCUT2D eigenvalue weighted by Crippen LogP contribution is -2.42. The highest BCUT2D eigenvalue weighted by atomic mass is 19.1. The van der Waals surface area contributed by atoms with Gasteiger partial charge < -0.3 is 25.1 Å². The Bertz CT molecular complexity index is 839. The number of benzene rings is 2. The second-order valence-electron chi connectivity index (χ2n) is 5.94. The van der Waals surface area contributed by atoms with E-state index in [2.05, 4.69) is 11.4 Å². The first-order chi connectivity index (χ1) is 12.9. The normalized spacial score (nSPS) is 15.0. The summed E-state index contributed by atoms with van der Waals surface area (Å²) in [4.78, 5) is 22.7. The summed E-state index contributed by atoms with van der Waals surface area (Å²) in [7, 11) is 1.94. The molecule has 2 aromatic carbocycles. The molecule has 1 aliphatic heterocycles. The molecule has 0 spiro atoms. The number of carboxylic acids is 2.